The molecule has 0 N–H and O–H groups in total. The molecule has 5 nitrogen and oxygen atoms in total. The SMILES string of the molecule is Cc1cc(OC2CCN(C(=O)CCSc3ccccc3)CC2)cc(=O)n1C. The van der Waals surface area contributed by atoms with Crippen LogP contribution in [0, 0.1) is 6.92 Å². The van der Waals surface area contributed by atoms with Crippen molar-refractivity contribution < 1.29 is 9.53 Å². The fraction of sp³-hybridized carbons (Fsp3) is 0.429. The highest BCUT2D eigenvalue weighted by atomic mass is 32.2. The Bertz CT molecular complexity index is 827. The predicted octanol–water partition coefficient (Wildman–Crippen LogP) is 3.25. The zero-order chi connectivity index (χ0) is 19.2. The molecule has 1 aliphatic heterocycles. The van der Waals surface area contributed by atoms with Crippen LogP contribution < -0.4 is 10.3 Å². The van der Waals surface area contributed by atoms with Gasteiger partial charge in [0.1, 0.15) is 11.9 Å². The van der Waals surface area contributed by atoms with E-state index in [1.54, 1.807) is 23.4 Å². The lowest BCUT2D eigenvalue weighted by atomic mass is 10.1. The third kappa shape index (κ3) is 5.39. The minimum atomic E-state index is -0.0615. The van der Waals surface area contributed by atoms with Gasteiger partial charge in [-0.15, -0.1) is 11.8 Å². The van der Waals surface area contributed by atoms with Gasteiger partial charge in [-0.25, -0.2) is 0 Å². The Morgan fingerprint density at radius 1 is 1.19 bits per heavy atom. The molecule has 6 heteroatoms. The zero-order valence-electron chi connectivity index (χ0n) is 15.9. The third-order valence-corrected chi connectivity index (χ3v) is 5.92. The molecule has 144 valence electrons. The molecule has 1 fully saturated rings. The highest BCUT2D eigenvalue weighted by Crippen LogP contribution is 2.21. The van der Waals surface area contributed by atoms with Gasteiger partial charge in [-0.2, -0.15) is 0 Å². The van der Waals surface area contributed by atoms with E-state index in [1.807, 2.05) is 36.1 Å². The van der Waals surface area contributed by atoms with E-state index in [2.05, 4.69) is 12.1 Å². The fourth-order valence-corrected chi connectivity index (χ4v) is 4.01. The highest BCUT2D eigenvalue weighted by molar-refractivity contribution is 7.99. The van der Waals surface area contributed by atoms with E-state index in [1.165, 1.54) is 11.0 Å². The number of carbonyl (C=O) groups excluding carboxylic acids is 1. The third-order valence-electron chi connectivity index (χ3n) is 4.90. The molecule has 1 aromatic carbocycles. The van der Waals surface area contributed by atoms with Crippen molar-refractivity contribution in [2.75, 3.05) is 18.8 Å². The van der Waals surface area contributed by atoms with Crippen LogP contribution in [0.15, 0.2) is 52.2 Å². The molecular formula is C21H26N2O3S. The molecule has 0 bridgehead atoms. The van der Waals surface area contributed by atoms with Gasteiger partial charge in [0.05, 0.1) is 0 Å². The number of aryl methyl sites for hydroxylation is 1. The van der Waals surface area contributed by atoms with Crippen molar-refractivity contribution in [2.45, 2.75) is 37.2 Å². The number of amides is 1. The van der Waals surface area contributed by atoms with Crippen LogP contribution in [-0.2, 0) is 11.8 Å². The molecule has 1 saturated heterocycles. The predicted molar refractivity (Wildman–Crippen MR) is 108 cm³/mol. The summed E-state index contributed by atoms with van der Waals surface area (Å²) < 4.78 is 7.58. The lowest BCUT2D eigenvalue weighted by Gasteiger charge is -2.32. The summed E-state index contributed by atoms with van der Waals surface area (Å²) in [6.07, 6.45) is 2.20. The molecule has 0 spiro atoms. The second-order valence-electron chi connectivity index (χ2n) is 6.84. The Hall–Kier alpha value is -2.21. The van der Waals surface area contributed by atoms with Gasteiger partial charge >= 0.3 is 0 Å². The lowest BCUT2D eigenvalue weighted by molar-refractivity contribution is -0.132. The number of ether oxygens (including phenoxy) is 1. The number of carbonyl (C=O) groups is 1. The van der Waals surface area contributed by atoms with Crippen LogP contribution in [0.3, 0.4) is 0 Å². The minimum Gasteiger partial charge on any atom is -0.490 e. The topological polar surface area (TPSA) is 51.5 Å². The molecule has 1 amide bonds. The van der Waals surface area contributed by atoms with Gasteiger partial charge in [-0.05, 0) is 25.1 Å². The molecule has 0 saturated carbocycles. The standard InChI is InChI=1S/C21H26N2O3S/c1-16-14-18(15-21(25)22(16)2)26-17-8-11-23(12-9-17)20(24)10-13-27-19-6-4-3-5-7-19/h3-7,14-15,17H,8-13H2,1-2H3. The van der Waals surface area contributed by atoms with Gasteiger partial charge in [0.2, 0.25) is 5.91 Å². The second-order valence-corrected chi connectivity index (χ2v) is 8.01. The van der Waals surface area contributed by atoms with E-state index in [4.69, 9.17) is 4.74 Å². The smallest absolute Gasteiger partial charge is 0.254 e. The fourth-order valence-electron chi connectivity index (χ4n) is 3.15. The number of thioether (sulfide) groups is 1. The van der Waals surface area contributed by atoms with Crippen LogP contribution >= 0.6 is 11.8 Å². The average Bonchev–Trinajstić information content (AvgIpc) is 2.67. The minimum absolute atomic E-state index is 0.0549. The maximum atomic E-state index is 12.4. The van der Waals surface area contributed by atoms with Crippen LogP contribution in [0.2, 0.25) is 0 Å². The molecule has 1 aromatic heterocycles. The van der Waals surface area contributed by atoms with Crippen molar-refractivity contribution in [3.8, 4) is 5.75 Å². The van der Waals surface area contributed by atoms with Crippen LogP contribution in [0.1, 0.15) is 25.0 Å². The number of nitrogens with zero attached hydrogens (tertiary/aromatic N) is 2. The molecule has 2 heterocycles. The van der Waals surface area contributed by atoms with E-state index in [-0.39, 0.29) is 17.6 Å². The quantitative estimate of drug-likeness (QED) is 0.715. The van der Waals surface area contributed by atoms with E-state index in [0.717, 1.165) is 24.3 Å². The number of hydrogen-bond acceptors (Lipinski definition) is 4. The average molecular weight is 387 g/mol. The number of likely N-dealkylation sites (tertiary alicyclic amines) is 1. The first-order chi connectivity index (χ1) is 13.0. The highest BCUT2D eigenvalue weighted by Gasteiger charge is 2.24. The van der Waals surface area contributed by atoms with Crippen LogP contribution in [-0.4, -0.2) is 40.3 Å². The van der Waals surface area contributed by atoms with Crippen molar-refractivity contribution >= 4 is 17.7 Å². The molecule has 0 aliphatic carbocycles. The number of rotatable bonds is 6. The summed E-state index contributed by atoms with van der Waals surface area (Å²) in [4.78, 5) is 27.4. The van der Waals surface area contributed by atoms with Gasteiger partial charge in [-0.3, -0.25) is 9.59 Å². The number of aromatic nitrogens is 1. The number of hydrogen-bond donors (Lipinski definition) is 0. The maximum absolute atomic E-state index is 12.4. The largest absolute Gasteiger partial charge is 0.490 e. The van der Waals surface area contributed by atoms with Crippen molar-refractivity contribution in [2.24, 2.45) is 7.05 Å². The summed E-state index contributed by atoms with van der Waals surface area (Å²) in [6, 6.07) is 13.6. The summed E-state index contributed by atoms with van der Waals surface area (Å²) in [7, 11) is 1.75. The van der Waals surface area contributed by atoms with Crippen molar-refractivity contribution in [1.29, 1.82) is 0 Å². The van der Waals surface area contributed by atoms with E-state index < -0.39 is 0 Å². The second kappa shape index (κ2) is 9.13. The first-order valence-corrected chi connectivity index (χ1v) is 10.3. The molecule has 0 unspecified atom stereocenters. The first kappa shape index (κ1) is 19.5. The molecule has 3 rings (SSSR count). The molecule has 2 aromatic rings. The maximum Gasteiger partial charge on any atom is 0.254 e. The Balaban J connectivity index is 1.43. The summed E-state index contributed by atoms with van der Waals surface area (Å²) in [5.74, 6) is 1.63. The van der Waals surface area contributed by atoms with E-state index in [9.17, 15) is 9.59 Å². The monoisotopic (exact) mass is 386 g/mol. The zero-order valence-corrected chi connectivity index (χ0v) is 16.7. The number of pyridine rings is 1. The summed E-state index contributed by atoms with van der Waals surface area (Å²) in [5, 5.41) is 0. The molecule has 0 atom stereocenters. The molecule has 27 heavy (non-hydrogen) atoms. The normalized spacial score (nSPS) is 15.0. The van der Waals surface area contributed by atoms with Crippen LogP contribution in [0.5, 0.6) is 5.75 Å². The number of benzene rings is 1. The van der Waals surface area contributed by atoms with Crippen molar-refractivity contribution in [3.05, 3.63) is 58.5 Å². The Morgan fingerprint density at radius 3 is 2.56 bits per heavy atom. The van der Waals surface area contributed by atoms with Gasteiger partial charge in [0.15, 0.2) is 0 Å². The summed E-state index contributed by atoms with van der Waals surface area (Å²) in [6.45, 7) is 3.32. The Labute approximate surface area is 164 Å². The molecule has 0 radical (unpaired) electrons. The number of piperidine rings is 1. The first-order valence-electron chi connectivity index (χ1n) is 9.33. The Morgan fingerprint density at radius 2 is 1.89 bits per heavy atom. The van der Waals surface area contributed by atoms with Crippen LogP contribution in [0.25, 0.3) is 0 Å². The van der Waals surface area contributed by atoms with E-state index >= 15 is 0 Å². The van der Waals surface area contributed by atoms with Crippen molar-refractivity contribution in [3.63, 3.8) is 0 Å². The lowest BCUT2D eigenvalue weighted by Crippen LogP contribution is -2.42. The summed E-state index contributed by atoms with van der Waals surface area (Å²) >= 11 is 1.72. The van der Waals surface area contributed by atoms with Crippen LogP contribution in [0.4, 0.5) is 0 Å². The van der Waals surface area contributed by atoms with E-state index in [0.29, 0.717) is 25.3 Å². The van der Waals surface area contributed by atoms with Gasteiger partial charge < -0.3 is 14.2 Å². The van der Waals surface area contributed by atoms with Gasteiger partial charge in [0.25, 0.3) is 5.56 Å². The van der Waals surface area contributed by atoms with Crippen molar-refractivity contribution in [1.82, 2.24) is 9.47 Å². The van der Waals surface area contributed by atoms with Gasteiger partial charge in [0, 0.05) is 61.8 Å². The Kier molecular flexibility index (Phi) is 6.61. The van der Waals surface area contributed by atoms with Gasteiger partial charge in [-0.1, -0.05) is 18.2 Å². The summed E-state index contributed by atoms with van der Waals surface area (Å²) in [5.41, 5.74) is 0.814. The molecular weight excluding hydrogens is 360 g/mol. The molecule has 1 aliphatic rings.